The number of allylic oxidation sites excluding steroid dienone is 2. The fraction of sp³-hybridized carbons (Fsp3) is 0.759. The van der Waals surface area contributed by atoms with E-state index in [4.69, 9.17) is 66.7 Å². The molecule has 0 aliphatic carbocycles. The highest BCUT2D eigenvalue weighted by Gasteiger charge is 2.56. The minimum absolute atomic E-state index is 0.0307. The van der Waals surface area contributed by atoms with E-state index in [-0.39, 0.29) is 94.5 Å². The number of carbonyl (C=O) groups is 4. The molecule has 27 atom stereocenters. The van der Waals surface area contributed by atoms with Gasteiger partial charge in [-0.3, -0.25) is 24.2 Å². The number of methoxy groups -OCH3 is 3. The lowest BCUT2D eigenvalue weighted by Crippen LogP contribution is -2.61. The number of hydrogen-bond donors (Lipinski definition) is 10. The molecule has 0 saturated carbocycles. The molecule has 1 spiro atoms. The van der Waals surface area contributed by atoms with Crippen LogP contribution in [0.15, 0.2) is 51.3 Å². The molecule has 32 nitrogen and oxygen atoms in total. The Morgan fingerprint density at radius 2 is 1.45 bits per heavy atom. The van der Waals surface area contributed by atoms with Gasteiger partial charge in [-0.1, -0.05) is 92.6 Å². The number of Topliss-reactive ketones (excluding diaryl/α,β-unsaturated/α-hetero) is 1. The van der Waals surface area contributed by atoms with Gasteiger partial charge in [0.15, 0.2) is 18.3 Å². The lowest BCUT2D eigenvalue weighted by Gasteiger charge is -2.49. The Hall–Kier alpha value is -6.41. The molecule has 32 heteroatoms. The van der Waals surface area contributed by atoms with Crippen LogP contribution in [0, 0.1) is 60.2 Å². The summed E-state index contributed by atoms with van der Waals surface area (Å²) in [5.74, 6) is -10.7. The van der Waals surface area contributed by atoms with E-state index in [1.54, 1.807) is 121 Å². The number of benzene rings is 2. The van der Waals surface area contributed by atoms with E-state index in [9.17, 15) is 65.1 Å². The van der Waals surface area contributed by atoms with Gasteiger partial charge >= 0.3 is 17.7 Å². The van der Waals surface area contributed by atoms with Crippen LogP contribution in [0.25, 0.3) is 10.8 Å². The van der Waals surface area contributed by atoms with E-state index in [0.29, 0.717) is 43.2 Å². The third-order valence-corrected chi connectivity index (χ3v) is 25.5. The van der Waals surface area contributed by atoms with Crippen molar-refractivity contribution in [2.75, 3.05) is 80.4 Å². The molecule has 7 heterocycles. The number of esters is 2. The van der Waals surface area contributed by atoms with Crippen molar-refractivity contribution < 1.29 is 127 Å². The number of fused-ring (bicyclic) bond motifs is 1. The average Bonchev–Trinajstić information content (AvgIpc) is 1.55. The summed E-state index contributed by atoms with van der Waals surface area (Å²) in [6.07, 6.45) is -4.42. The molecule has 9 rings (SSSR count). The first kappa shape index (κ1) is 98.0. The number of carbonyl (C=O) groups excluding carboxylic acids is 4. The first-order valence-corrected chi connectivity index (χ1v) is 42.0. The van der Waals surface area contributed by atoms with Crippen molar-refractivity contribution in [3.05, 3.63) is 58.0 Å². The number of aromatic hydroxyl groups is 2. The maximum Gasteiger partial charge on any atom is 0.312 e. The molecule has 1 amide bonds. The monoisotopic (exact) mass is 1680 g/mol. The van der Waals surface area contributed by atoms with Gasteiger partial charge in [-0.25, -0.2) is 4.99 Å². The van der Waals surface area contributed by atoms with Gasteiger partial charge in [-0.15, -0.1) is 0 Å². The molecular weight excluding hydrogens is 1540 g/mol. The first-order chi connectivity index (χ1) is 55.6. The molecule has 4 fully saturated rings. The van der Waals surface area contributed by atoms with Crippen LogP contribution in [0.5, 0.6) is 17.2 Å². The predicted molar refractivity (Wildman–Crippen MR) is 440 cm³/mol. The van der Waals surface area contributed by atoms with Crippen molar-refractivity contribution >= 4 is 45.8 Å². The summed E-state index contributed by atoms with van der Waals surface area (Å²) in [6, 6.07) is -0.328. The number of piperidine rings is 1. The number of likely N-dealkylation sites (N-methyl/N-ethyl adjacent to an activating group) is 1. The number of aliphatic hydroxyl groups is 7. The van der Waals surface area contributed by atoms with E-state index >= 15 is 0 Å². The van der Waals surface area contributed by atoms with Gasteiger partial charge in [0, 0.05) is 138 Å². The Balaban J connectivity index is 0.000000297. The van der Waals surface area contributed by atoms with Crippen LogP contribution in [-0.2, 0) is 71.3 Å². The van der Waals surface area contributed by atoms with Crippen LogP contribution in [0.2, 0.25) is 0 Å². The number of amides is 1. The van der Waals surface area contributed by atoms with Crippen LogP contribution in [-0.4, -0.2) is 280 Å². The highest BCUT2D eigenvalue weighted by Crippen LogP contribution is 2.52. The second kappa shape index (κ2) is 40.5. The number of oxime groups is 1. The number of aliphatic hydroxyl groups excluding tert-OH is 5. The van der Waals surface area contributed by atoms with Crippen molar-refractivity contribution in [3.63, 3.8) is 0 Å². The third-order valence-electron chi connectivity index (χ3n) is 25.5. The van der Waals surface area contributed by atoms with Gasteiger partial charge in [-0.05, 0) is 101 Å². The number of phenolic OH excluding ortho intramolecular Hbond substituents is 2. The maximum atomic E-state index is 14.7. The van der Waals surface area contributed by atoms with Crippen LogP contribution in [0.1, 0.15) is 186 Å². The van der Waals surface area contributed by atoms with E-state index < -0.39 is 185 Å². The van der Waals surface area contributed by atoms with Crippen molar-refractivity contribution in [1.82, 2.24) is 9.80 Å². The Kier molecular flexibility index (Phi) is 33.4. The van der Waals surface area contributed by atoms with E-state index in [0.717, 1.165) is 19.6 Å². The standard InChI is InChI=1S/C46H62N4O11.C41H76N2O15/c1-22(2)21-50-18-16-46(17-19-50)48-34-31-32-39(54)28(8)42-33(31)43(56)45(10,61-42)59-20-15-30(58-11)25(5)41(60-29(9)51)27(7)38(53)26(6)37(52)23(3)13-12-14-24(4)44(57)47-36(40(32)55)35(34)49-46;1-15-29-41(10,49)34(45)24(4)31(42-53-21-52-17-16-50-13)22(2)19-39(8,48)36(58-38-32(44)28(43(11)12)18-23(3)54-38)25(5)33(26(6)37(47)56-29)57-30-20-40(9,51-14)35(46)27(7)55-30/h12-15,20,22-23,25-27,30,37-38,41,48,52-55H,16-19,21H2,1-11H3;22-30,32-36,38,44-46,48-49H,15-21H2,1-14H3/b13-12+,20-15+,24-14-,47-36?;42-31+/t23-,25+,26+,27+,30-,37-,38+,41+,45-;22-,23?,24+,25+,26-,27?,28?,29-,30?,32?,33+,34-,35?,36-,38?,39-,40?,41-/m01/s1. The zero-order valence-electron chi connectivity index (χ0n) is 74.4. The number of anilines is 1. The van der Waals surface area contributed by atoms with E-state index in [1.807, 2.05) is 32.8 Å². The van der Waals surface area contributed by atoms with Crippen molar-refractivity contribution in [3.8, 4) is 17.2 Å². The smallest absolute Gasteiger partial charge is 0.312 e. The lowest BCUT2D eigenvalue weighted by atomic mass is 9.73. The van der Waals surface area contributed by atoms with Crippen LogP contribution in [0.4, 0.5) is 5.69 Å². The number of ketones is 1. The molecule has 8 unspecified atom stereocenters. The first-order valence-electron chi connectivity index (χ1n) is 42.0. The zero-order chi connectivity index (χ0) is 88.8. The van der Waals surface area contributed by atoms with Crippen molar-refractivity contribution in [2.45, 2.75) is 297 Å². The van der Waals surface area contributed by atoms with Gasteiger partial charge in [0.1, 0.15) is 57.9 Å². The van der Waals surface area contributed by atoms with Gasteiger partial charge in [0.05, 0.1) is 108 Å². The highest BCUT2D eigenvalue weighted by atomic mass is 16.7. The Morgan fingerprint density at radius 3 is 2.06 bits per heavy atom. The van der Waals surface area contributed by atoms with Crippen LogP contribution >= 0.6 is 0 Å². The Bertz CT molecular complexity index is 4090. The molecule has 7 aliphatic rings. The molecule has 4 saturated heterocycles. The van der Waals surface area contributed by atoms with E-state index in [1.165, 1.54) is 41.3 Å². The molecule has 4 bridgehead atoms. The SMILES string of the molecule is CC[C@H]1OC(=O)[C@H](C)[C@@H](OC2CC(C)(OC)C(O)C(C)O2)[C@H](C)[C@@H](OC2OC(C)CC(N(C)C)C2O)[C@](C)(O)C[C@@H](C)/C(=N\OCOCCOC)[C@H](C)[C@@H](O)[C@]1(C)O.CO[C@H]1/C=C/O[C@@]2(C)Oc3c(C)c(O)c4c(O)c(c5c(c4c3C2=O)NC2(CCN(CC(C)C)CC2)N=5)=NC(=O)/C(C)=C\C=C\[C@H](C)[C@H](O)[C@@H](C)[C@@H](O)[C@@H](C)[C@H](OC(C)=O)[C@@H]1C. The van der Waals surface area contributed by atoms with Crippen LogP contribution < -0.4 is 20.8 Å². The Labute approximate surface area is 700 Å². The number of nitrogens with zero attached hydrogens (tertiary/aromatic N) is 5. The minimum Gasteiger partial charge on any atom is -0.507 e. The zero-order valence-corrected chi connectivity index (χ0v) is 74.4. The number of ether oxygens (including phenoxy) is 12. The summed E-state index contributed by atoms with van der Waals surface area (Å²) in [6.45, 7) is 36.9. The summed E-state index contributed by atoms with van der Waals surface area (Å²) < 4.78 is 72.1. The molecule has 10 N–H and O–H groups in total. The molecule has 672 valence electrons. The third kappa shape index (κ3) is 21.7. The predicted octanol–water partition coefficient (Wildman–Crippen LogP) is 6.96. The number of cyclic esters (lactones) is 1. The summed E-state index contributed by atoms with van der Waals surface area (Å²) in [5.41, 5.74) is -4.60. The maximum absolute atomic E-state index is 14.7. The molecule has 0 radical (unpaired) electrons. The van der Waals surface area contributed by atoms with Gasteiger partial charge < -0.3 is 123 Å². The molecule has 7 aliphatic heterocycles. The quantitative estimate of drug-likeness (QED) is 0.0251. The lowest BCUT2D eigenvalue weighted by molar-refractivity contribution is -0.317. The van der Waals surface area contributed by atoms with Crippen molar-refractivity contribution in [1.29, 1.82) is 0 Å². The second-order valence-corrected chi connectivity index (χ2v) is 35.7. The Morgan fingerprint density at radius 1 is 0.790 bits per heavy atom. The number of rotatable bonds is 17. The summed E-state index contributed by atoms with van der Waals surface area (Å²) in [4.78, 5) is 74.7. The summed E-state index contributed by atoms with van der Waals surface area (Å²) in [7, 11) is 8.23. The number of likely N-dealkylation sites (tertiary alicyclic amines) is 1. The van der Waals surface area contributed by atoms with Gasteiger partial charge in [0.2, 0.25) is 6.79 Å². The largest absolute Gasteiger partial charge is 0.507 e. The second-order valence-electron chi connectivity index (χ2n) is 35.7. The van der Waals surface area contributed by atoms with Gasteiger partial charge in [0.25, 0.3) is 11.7 Å². The topological polar surface area (TPSA) is 426 Å². The minimum atomic E-state index is -1.97. The van der Waals surface area contributed by atoms with E-state index in [2.05, 4.69) is 34.2 Å². The molecular formula is C87H138N6O26. The molecule has 0 aromatic heterocycles. The summed E-state index contributed by atoms with van der Waals surface area (Å²) in [5, 5.41) is 114. The number of hydrogen-bond acceptors (Lipinski definition) is 31. The molecule has 119 heavy (non-hydrogen) atoms. The summed E-state index contributed by atoms with van der Waals surface area (Å²) >= 11 is 0. The highest BCUT2D eigenvalue weighted by molar-refractivity contribution is 6.21. The van der Waals surface area contributed by atoms with Crippen molar-refractivity contribution in [2.24, 2.45) is 68.4 Å². The molecule has 2 aromatic rings. The number of nitrogens with one attached hydrogen (secondary N) is 1. The fourth-order valence-electron chi connectivity index (χ4n) is 18.2. The number of phenols is 2. The molecule has 2 aromatic carbocycles. The normalized spacial score (nSPS) is 39.1. The average molecular weight is 1680 g/mol. The van der Waals surface area contributed by atoms with Gasteiger partial charge in [-0.2, -0.15) is 0 Å². The van der Waals surface area contributed by atoms with Crippen LogP contribution in [0.3, 0.4) is 0 Å². The fourth-order valence-corrected chi connectivity index (χ4v) is 18.2.